The summed E-state index contributed by atoms with van der Waals surface area (Å²) in [5.41, 5.74) is 3.04. The first-order valence-corrected chi connectivity index (χ1v) is 10.3. The first-order chi connectivity index (χ1) is 14.6. The molecule has 0 saturated heterocycles. The Labute approximate surface area is 183 Å². The first kappa shape index (κ1) is 20.0. The average molecular weight is 435 g/mol. The largest absolute Gasteiger partial charge is 0.497 e. The van der Waals surface area contributed by atoms with Gasteiger partial charge in [0.05, 0.1) is 24.4 Å². The Morgan fingerprint density at radius 2 is 1.70 bits per heavy atom. The summed E-state index contributed by atoms with van der Waals surface area (Å²) in [6, 6.07) is 20.7. The number of nitrogens with one attached hydrogen (secondary N) is 1. The predicted molar refractivity (Wildman–Crippen MR) is 125 cm³/mol. The number of methoxy groups -OCH3 is 2. The Hall–Kier alpha value is -3.29. The van der Waals surface area contributed by atoms with Crippen LogP contribution in [0.5, 0.6) is 11.5 Å². The Morgan fingerprint density at radius 3 is 2.40 bits per heavy atom. The summed E-state index contributed by atoms with van der Waals surface area (Å²) in [6.07, 6.45) is 0. The van der Waals surface area contributed by atoms with Crippen LogP contribution in [0.1, 0.15) is 10.4 Å². The third-order valence-corrected chi connectivity index (χ3v) is 5.85. The first-order valence-electron chi connectivity index (χ1n) is 9.12. The molecule has 0 aliphatic rings. The molecule has 0 aliphatic carbocycles. The van der Waals surface area contributed by atoms with Crippen molar-refractivity contribution in [3.8, 4) is 22.1 Å². The predicted octanol–water partition coefficient (Wildman–Crippen LogP) is 5.60. The summed E-state index contributed by atoms with van der Waals surface area (Å²) in [5.74, 6) is 0.740. The fraction of sp³-hybridized carbons (Fsp3) is 0.0870. The fourth-order valence-corrected chi connectivity index (χ4v) is 4.18. The molecule has 4 aromatic rings. The van der Waals surface area contributed by atoms with Crippen molar-refractivity contribution in [3.05, 3.63) is 72.3 Å². The van der Waals surface area contributed by atoms with E-state index in [0.29, 0.717) is 17.1 Å². The lowest BCUT2D eigenvalue weighted by atomic mass is 10.1. The number of Topliss-reactive ketones (excluding diaryl/α,β-unsaturated/α-hetero) is 1. The van der Waals surface area contributed by atoms with Gasteiger partial charge >= 0.3 is 0 Å². The Bertz CT molecular complexity index is 1190. The van der Waals surface area contributed by atoms with Crippen LogP contribution in [0.15, 0.2) is 66.7 Å². The molecule has 1 N–H and O–H groups in total. The molecule has 0 radical (unpaired) electrons. The lowest BCUT2D eigenvalue weighted by Gasteiger charge is -2.10. The van der Waals surface area contributed by atoms with Crippen LogP contribution >= 0.6 is 23.6 Å². The van der Waals surface area contributed by atoms with Gasteiger partial charge in [0, 0.05) is 22.9 Å². The van der Waals surface area contributed by atoms with E-state index in [2.05, 4.69) is 16.4 Å². The second kappa shape index (κ2) is 8.61. The van der Waals surface area contributed by atoms with Gasteiger partial charge in [0.1, 0.15) is 16.5 Å². The number of carbonyl (C=O) groups excluding carboxylic acids is 1. The summed E-state index contributed by atoms with van der Waals surface area (Å²) < 4.78 is 11.6. The van der Waals surface area contributed by atoms with Crippen LogP contribution in [0.4, 0.5) is 5.69 Å². The number of ketones is 1. The van der Waals surface area contributed by atoms with Gasteiger partial charge in [-0.15, -0.1) is 11.3 Å². The lowest BCUT2D eigenvalue weighted by Crippen LogP contribution is -2.21. The topological polar surface area (TPSA) is 60.5 Å². The number of carbonyl (C=O) groups is 1. The van der Waals surface area contributed by atoms with Crippen LogP contribution in [0.3, 0.4) is 0 Å². The summed E-state index contributed by atoms with van der Waals surface area (Å²) in [5, 5.41) is 3.95. The number of fused-ring (bicyclic) bond motifs is 1. The number of hydrogen-bond acceptors (Lipinski definition) is 6. The Morgan fingerprint density at radius 1 is 0.967 bits per heavy atom. The number of ether oxygens (including phenoxy) is 2. The van der Waals surface area contributed by atoms with E-state index in [1.54, 1.807) is 29.5 Å². The van der Waals surface area contributed by atoms with Crippen molar-refractivity contribution in [2.24, 2.45) is 0 Å². The highest BCUT2D eigenvalue weighted by Gasteiger charge is 2.16. The number of para-hydroxylation sites is 1. The highest BCUT2D eigenvalue weighted by Crippen LogP contribution is 2.31. The van der Waals surface area contributed by atoms with Gasteiger partial charge < -0.3 is 14.8 Å². The van der Waals surface area contributed by atoms with E-state index >= 15 is 0 Å². The van der Waals surface area contributed by atoms with Crippen molar-refractivity contribution in [3.63, 3.8) is 0 Å². The standard InChI is InChI=1S/C23H18N2O3S2/c1-27-17-11-15(12-18(13-17)28-2)21(26)22(29)24-16-7-5-6-14(10-16)23-25-19-8-3-4-9-20(19)30-23/h3-13H,1-2H3,(H,24,29). The summed E-state index contributed by atoms with van der Waals surface area (Å²) in [6.45, 7) is 0. The monoisotopic (exact) mass is 434 g/mol. The zero-order chi connectivity index (χ0) is 21.1. The molecular formula is C23H18N2O3S2. The van der Waals surface area contributed by atoms with Crippen molar-refractivity contribution in [2.45, 2.75) is 0 Å². The van der Waals surface area contributed by atoms with Crippen LogP contribution in [-0.2, 0) is 0 Å². The van der Waals surface area contributed by atoms with Crippen molar-refractivity contribution >= 4 is 50.2 Å². The van der Waals surface area contributed by atoms with Gasteiger partial charge in [-0.3, -0.25) is 4.79 Å². The van der Waals surface area contributed by atoms with Gasteiger partial charge in [-0.25, -0.2) is 4.98 Å². The average Bonchev–Trinajstić information content (AvgIpc) is 3.22. The second-order valence-corrected chi connectivity index (χ2v) is 7.89. The van der Waals surface area contributed by atoms with Crippen molar-refractivity contribution in [2.75, 3.05) is 19.5 Å². The number of benzene rings is 3. The van der Waals surface area contributed by atoms with Gasteiger partial charge in [-0.1, -0.05) is 36.5 Å². The van der Waals surface area contributed by atoms with E-state index in [-0.39, 0.29) is 10.8 Å². The third-order valence-electron chi connectivity index (χ3n) is 4.48. The van der Waals surface area contributed by atoms with Gasteiger partial charge in [0.15, 0.2) is 4.99 Å². The molecule has 0 unspecified atom stereocenters. The molecule has 0 spiro atoms. The molecular weight excluding hydrogens is 416 g/mol. The van der Waals surface area contributed by atoms with E-state index in [0.717, 1.165) is 26.5 Å². The Kier molecular flexibility index (Phi) is 5.74. The highest BCUT2D eigenvalue weighted by atomic mass is 32.1. The minimum Gasteiger partial charge on any atom is -0.497 e. The molecule has 4 rings (SSSR count). The molecule has 0 amide bonds. The number of hydrogen-bond donors (Lipinski definition) is 1. The van der Waals surface area contributed by atoms with Crippen LogP contribution < -0.4 is 14.8 Å². The maximum absolute atomic E-state index is 12.8. The molecule has 0 atom stereocenters. The molecule has 3 aromatic carbocycles. The zero-order valence-corrected chi connectivity index (χ0v) is 18.0. The third kappa shape index (κ3) is 4.17. The van der Waals surface area contributed by atoms with E-state index in [1.165, 1.54) is 14.2 Å². The highest BCUT2D eigenvalue weighted by molar-refractivity contribution is 7.82. The van der Waals surface area contributed by atoms with Gasteiger partial charge in [-0.2, -0.15) is 0 Å². The molecule has 1 heterocycles. The summed E-state index contributed by atoms with van der Waals surface area (Å²) in [4.78, 5) is 17.6. The van der Waals surface area contributed by atoms with Gasteiger partial charge in [0.25, 0.3) is 0 Å². The molecule has 1 aromatic heterocycles. The second-order valence-electron chi connectivity index (χ2n) is 6.45. The van der Waals surface area contributed by atoms with Crippen LogP contribution in [0.25, 0.3) is 20.8 Å². The lowest BCUT2D eigenvalue weighted by molar-refractivity contribution is 0.106. The molecule has 0 saturated carbocycles. The number of nitrogens with zero attached hydrogens (tertiary/aromatic N) is 1. The van der Waals surface area contributed by atoms with E-state index in [9.17, 15) is 4.79 Å². The minimum absolute atomic E-state index is 0.0896. The summed E-state index contributed by atoms with van der Waals surface area (Å²) in [7, 11) is 3.07. The number of aromatic nitrogens is 1. The molecule has 150 valence electrons. The molecule has 0 aliphatic heterocycles. The zero-order valence-electron chi connectivity index (χ0n) is 16.3. The van der Waals surface area contributed by atoms with Crippen LogP contribution in [0.2, 0.25) is 0 Å². The van der Waals surface area contributed by atoms with Crippen molar-refractivity contribution in [1.82, 2.24) is 4.98 Å². The van der Waals surface area contributed by atoms with Gasteiger partial charge in [0.2, 0.25) is 5.78 Å². The van der Waals surface area contributed by atoms with E-state index < -0.39 is 0 Å². The quantitative estimate of drug-likeness (QED) is 0.315. The maximum Gasteiger partial charge on any atom is 0.220 e. The maximum atomic E-state index is 12.8. The number of thiocarbonyl (C=S) groups is 1. The Balaban J connectivity index is 1.56. The van der Waals surface area contributed by atoms with E-state index in [4.69, 9.17) is 21.7 Å². The van der Waals surface area contributed by atoms with Gasteiger partial charge in [-0.05, 0) is 36.4 Å². The number of rotatable bonds is 6. The normalized spacial score (nSPS) is 10.6. The summed E-state index contributed by atoms with van der Waals surface area (Å²) >= 11 is 6.98. The molecule has 0 fully saturated rings. The van der Waals surface area contributed by atoms with Crippen LogP contribution in [-0.4, -0.2) is 30.0 Å². The van der Waals surface area contributed by atoms with Crippen molar-refractivity contribution < 1.29 is 14.3 Å². The SMILES string of the molecule is COc1cc(OC)cc(C(=O)C(=S)Nc2cccc(-c3nc4ccccc4s3)c2)c1. The fourth-order valence-electron chi connectivity index (χ4n) is 2.98. The van der Waals surface area contributed by atoms with Crippen molar-refractivity contribution in [1.29, 1.82) is 0 Å². The molecule has 30 heavy (non-hydrogen) atoms. The molecule has 0 bridgehead atoms. The van der Waals surface area contributed by atoms with E-state index in [1.807, 2.05) is 42.5 Å². The molecule has 5 nitrogen and oxygen atoms in total. The minimum atomic E-state index is -0.312. The number of anilines is 1. The smallest absolute Gasteiger partial charge is 0.220 e. The van der Waals surface area contributed by atoms with Crippen LogP contribution in [0, 0.1) is 0 Å². The molecule has 7 heteroatoms. The number of thiazole rings is 1.